The van der Waals surface area contributed by atoms with E-state index >= 15 is 0 Å². The first kappa shape index (κ1) is 9.32. The van der Waals surface area contributed by atoms with Gasteiger partial charge >= 0.3 is 5.97 Å². The fourth-order valence-electron chi connectivity index (χ4n) is 1.38. The maximum absolute atomic E-state index is 11.1. The Morgan fingerprint density at radius 3 is 2.85 bits per heavy atom. The summed E-state index contributed by atoms with van der Waals surface area (Å²) in [4.78, 5) is 23.4. The first-order valence-electron chi connectivity index (χ1n) is 3.67. The van der Waals surface area contributed by atoms with E-state index in [4.69, 9.17) is 5.11 Å². The number of carboxylic acid groups (broad SMARTS) is 1. The zero-order chi connectivity index (χ0) is 9.59. The van der Waals surface area contributed by atoms with Crippen molar-refractivity contribution in [1.29, 1.82) is 0 Å². The number of carbonyl (C=O) groups excluding carboxylic acids is 1. The first-order chi connectivity index (χ1) is 6.11. The van der Waals surface area contributed by atoms with Gasteiger partial charge in [0.25, 0.3) is 0 Å². The highest BCUT2D eigenvalue weighted by Gasteiger charge is 2.44. The minimum absolute atomic E-state index is 0.0668. The Balaban J connectivity index is 2.37. The molecule has 1 N–H and O–H groups in total. The standard InChI is InChI=1S/C7H6INO3S/c8-3-2-13-5-1-4(10)9(5)6(3)7(11)12/h5H,1-2H2,(H,11,12)/t5-/m1/s1. The van der Waals surface area contributed by atoms with Gasteiger partial charge in [-0.1, -0.05) is 0 Å². The van der Waals surface area contributed by atoms with Gasteiger partial charge in [0.1, 0.15) is 5.70 Å². The van der Waals surface area contributed by atoms with Gasteiger partial charge in [-0.05, 0) is 22.6 Å². The van der Waals surface area contributed by atoms with Crippen LogP contribution in [0, 0.1) is 0 Å². The summed E-state index contributed by atoms with van der Waals surface area (Å²) in [6.45, 7) is 0. The van der Waals surface area contributed by atoms with Gasteiger partial charge in [0.15, 0.2) is 0 Å². The Morgan fingerprint density at radius 2 is 2.38 bits per heavy atom. The number of fused-ring (bicyclic) bond motifs is 1. The second-order valence-corrected chi connectivity index (χ2v) is 5.26. The van der Waals surface area contributed by atoms with Crippen molar-refractivity contribution in [3.05, 3.63) is 9.28 Å². The number of β-lactam (4-membered cyclic amide) rings is 1. The summed E-state index contributed by atoms with van der Waals surface area (Å²) in [6, 6.07) is 0. The largest absolute Gasteiger partial charge is 0.477 e. The summed E-state index contributed by atoms with van der Waals surface area (Å²) >= 11 is 3.61. The SMILES string of the molecule is O=C(O)C1=C(I)CS[C@@H]2CC(=O)N12. The summed E-state index contributed by atoms with van der Waals surface area (Å²) in [5.74, 6) is -0.372. The topological polar surface area (TPSA) is 57.6 Å². The smallest absolute Gasteiger partial charge is 0.353 e. The molecule has 1 atom stereocenters. The Bertz CT molecular complexity index is 328. The van der Waals surface area contributed by atoms with E-state index in [1.54, 1.807) is 11.8 Å². The number of hydrogen-bond donors (Lipinski definition) is 1. The van der Waals surface area contributed by atoms with E-state index in [1.165, 1.54) is 4.90 Å². The third kappa shape index (κ3) is 1.35. The van der Waals surface area contributed by atoms with Gasteiger partial charge in [0.2, 0.25) is 5.91 Å². The molecule has 1 fully saturated rings. The van der Waals surface area contributed by atoms with Gasteiger partial charge in [-0.2, -0.15) is 0 Å². The number of thioether (sulfide) groups is 1. The predicted octanol–water partition coefficient (Wildman–Crippen LogP) is 1.02. The van der Waals surface area contributed by atoms with Crippen molar-refractivity contribution >= 4 is 46.2 Å². The molecule has 2 rings (SSSR count). The van der Waals surface area contributed by atoms with Gasteiger partial charge in [-0.3, -0.25) is 9.69 Å². The van der Waals surface area contributed by atoms with Crippen LogP contribution in [0.25, 0.3) is 0 Å². The van der Waals surface area contributed by atoms with Gasteiger partial charge in [0, 0.05) is 9.33 Å². The summed E-state index contributed by atoms with van der Waals surface area (Å²) in [6.07, 6.45) is 0.478. The molecule has 0 aromatic carbocycles. The molecule has 0 radical (unpaired) electrons. The molecule has 0 aliphatic carbocycles. The summed E-state index contributed by atoms with van der Waals surface area (Å²) < 4.78 is 0.749. The Kier molecular flexibility index (Phi) is 2.26. The lowest BCUT2D eigenvalue weighted by molar-refractivity contribution is -0.146. The Hall–Kier alpha value is -0.240. The number of carbonyl (C=O) groups is 2. The van der Waals surface area contributed by atoms with Crippen molar-refractivity contribution in [3.63, 3.8) is 0 Å². The highest BCUT2D eigenvalue weighted by atomic mass is 127. The molecule has 1 amide bonds. The number of hydrogen-bond acceptors (Lipinski definition) is 3. The second-order valence-electron chi connectivity index (χ2n) is 2.79. The molecular formula is C7H6INO3S. The van der Waals surface area contributed by atoms with Gasteiger partial charge in [0.05, 0.1) is 11.8 Å². The van der Waals surface area contributed by atoms with E-state index in [9.17, 15) is 9.59 Å². The van der Waals surface area contributed by atoms with E-state index in [2.05, 4.69) is 0 Å². The summed E-state index contributed by atoms with van der Waals surface area (Å²) in [5.41, 5.74) is 0.181. The molecule has 0 bridgehead atoms. The molecule has 0 aromatic heterocycles. The third-order valence-corrected chi connectivity index (χ3v) is 4.64. The van der Waals surface area contributed by atoms with Crippen LogP contribution in [-0.4, -0.2) is 33.0 Å². The van der Waals surface area contributed by atoms with E-state index in [0.29, 0.717) is 12.2 Å². The second kappa shape index (κ2) is 3.16. The maximum atomic E-state index is 11.1. The average molecular weight is 311 g/mol. The average Bonchev–Trinajstić information content (AvgIpc) is 2.05. The number of carboxylic acids is 1. The summed E-state index contributed by atoms with van der Waals surface area (Å²) in [5, 5.41) is 8.95. The van der Waals surface area contributed by atoms with Crippen molar-refractivity contribution in [2.24, 2.45) is 0 Å². The molecule has 70 valence electrons. The molecule has 0 unspecified atom stereocenters. The van der Waals surface area contributed by atoms with Gasteiger partial charge in [-0.25, -0.2) is 4.79 Å². The lowest BCUT2D eigenvalue weighted by Gasteiger charge is -2.43. The fourth-order valence-corrected chi connectivity index (χ4v) is 3.51. The van der Waals surface area contributed by atoms with E-state index in [0.717, 1.165) is 3.58 Å². The van der Waals surface area contributed by atoms with Crippen LogP contribution in [0.2, 0.25) is 0 Å². The van der Waals surface area contributed by atoms with Gasteiger partial charge < -0.3 is 5.11 Å². The lowest BCUT2D eigenvalue weighted by Crippen LogP contribution is -2.53. The number of amides is 1. The molecule has 0 aromatic rings. The van der Waals surface area contributed by atoms with Crippen LogP contribution >= 0.6 is 34.4 Å². The molecule has 2 heterocycles. The number of nitrogens with zero attached hydrogens (tertiary/aromatic N) is 1. The molecule has 0 spiro atoms. The fraction of sp³-hybridized carbons (Fsp3) is 0.429. The van der Waals surface area contributed by atoms with Crippen LogP contribution in [0.3, 0.4) is 0 Å². The maximum Gasteiger partial charge on any atom is 0.353 e. The van der Waals surface area contributed by atoms with Crippen LogP contribution in [-0.2, 0) is 9.59 Å². The van der Waals surface area contributed by atoms with Crippen LogP contribution in [0.15, 0.2) is 9.28 Å². The van der Waals surface area contributed by atoms with E-state index in [1.807, 2.05) is 22.6 Å². The highest BCUT2D eigenvalue weighted by molar-refractivity contribution is 14.1. The Labute approximate surface area is 92.5 Å². The van der Waals surface area contributed by atoms with E-state index in [-0.39, 0.29) is 17.0 Å². The van der Waals surface area contributed by atoms with Crippen molar-refractivity contribution in [2.75, 3.05) is 5.75 Å². The van der Waals surface area contributed by atoms with Crippen molar-refractivity contribution in [3.8, 4) is 0 Å². The monoisotopic (exact) mass is 311 g/mol. The van der Waals surface area contributed by atoms with E-state index < -0.39 is 5.97 Å². The molecule has 4 nitrogen and oxygen atoms in total. The number of rotatable bonds is 1. The van der Waals surface area contributed by atoms with Crippen LogP contribution in [0.1, 0.15) is 6.42 Å². The normalized spacial score (nSPS) is 27.0. The van der Waals surface area contributed by atoms with Crippen molar-refractivity contribution in [2.45, 2.75) is 11.8 Å². The minimum Gasteiger partial charge on any atom is -0.477 e. The quantitative estimate of drug-likeness (QED) is 0.580. The first-order valence-corrected chi connectivity index (χ1v) is 5.79. The molecular weight excluding hydrogens is 305 g/mol. The molecule has 13 heavy (non-hydrogen) atoms. The highest BCUT2D eigenvalue weighted by Crippen LogP contribution is 2.41. The molecule has 2 aliphatic rings. The molecule has 0 saturated carbocycles. The van der Waals surface area contributed by atoms with Crippen LogP contribution in [0.4, 0.5) is 0 Å². The Morgan fingerprint density at radius 1 is 1.69 bits per heavy atom. The number of aliphatic carboxylic acids is 1. The molecule has 2 aliphatic heterocycles. The summed E-state index contributed by atoms with van der Waals surface area (Å²) in [7, 11) is 0. The lowest BCUT2D eigenvalue weighted by atomic mass is 10.1. The minimum atomic E-state index is -0.997. The van der Waals surface area contributed by atoms with Crippen LogP contribution < -0.4 is 0 Å². The predicted molar refractivity (Wildman–Crippen MR) is 56.4 cm³/mol. The zero-order valence-electron chi connectivity index (χ0n) is 6.49. The van der Waals surface area contributed by atoms with Gasteiger partial charge in [-0.15, -0.1) is 11.8 Å². The number of halogens is 1. The van der Waals surface area contributed by atoms with Crippen LogP contribution in [0.5, 0.6) is 0 Å². The molecule has 1 saturated heterocycles. The van der Waals surface area contributed by atoms with Crippen molar-refractivity contribution in [1.82, 2.24) is 4.90 Å². The van der Waals surface area contributed by atoms with Crippen molar-refractivity contribution < 1.29 is 14.7 Å². The third-order valence-electron chi connectivity index (χ3n) is 2.01. The molecule has 6 heteroatoms. The zero-order valence-corrected chi connectivity index (χ0v) is 9.46.